The summed E-state index contributed by atoms with van der Waals surface area (Å²) in [6, 6.07) is 3.37. The third-order valence-electron chi connectivity index (χ3n) is 1.17. The number of rotatable bonds is 2. The molecule has 0 unspecified atom stereocenters. The van der Waals surface area contributed by atoms with Crippen molar-refractivity contribution in [1.82, 2.24) is 10.3 Å². The molecule has 1 heterocycles. The van der Waals surface area contributed by atoms with Gasteiger partial charge in [-0.3, -0.25) is 4.98 Å². The number of aromatic nitrogens is 1. The Morgan fingerprint density at radius 1 is 1.75 bits per heavy atom. The second-order valence-corrected chi connectivity index (χ2v) is 2.11. The molecule has 1 rings (SSSR count). The summed E-state index contributed by atoms with van der Waals surface area (Å²) in [5.74, 6) is 0.448. The van der Waals surface area contributed by atoms with Crippen molar-refractivity contribution in [3.8, 4) is 5.75 Å². The monoisotopic (exact) mass is 166 g/mol. The van der Waals surface area contributed by atoms with Gasteiger partial charge in [-0.1, -0.05) is 0 Å². The van der Waals surface area contributed by atoms with E-state index in [1.807, 2.05) is 6.92 Å². The van der Waals surface area contributed by atoms with E-state index in [-0.39, 0.29) is 0 Å². The summed E-state index contributed by atoms with van der Waals surface area (Å²) in [6.07, 6.45) is 2.64. The standard InChI is InChI=1S/C8H10N2O2/c1-2-10-8(11)12-7-4-3-5-9-6-7/h3-6H,2H2,1H3,(H,10,11). The molecule has 0 saturated heterocycles. The van der Waals surface area contributed by atoms with Crippen LogP contribution in [-0.2, 0) is 0 Å². The van der Waals surface area contributed by atoms with Crippen LogP contribution in [0.4, 0.5) is 4.79 Å². The van der Waals surface area contributed by atoms with Crippen LogP contribution in [0.1, 0.15) is 6.92 Å². The number of nitrogens with zero attached hydrogens (tertiary/aromatic N) is 1. The number of nitrogens with one attached hydrogen (secondary N) is 1. The van der Waals surface area contributed by atoms with Gasteiger partial charge >= 0.3 is 6.09 Å². The molecule has 0 spiro atoms. The molecule has 1 aromatic rings. The predicted octanol–water partition coefficient (Wildman–Crippen LogP) is 1.19. The van der Waals surface area contributed by atoms with E-state index < -0.39 is 6.09 Å². The number of amides is 1. The van der Waals surface area contributed by atoms with Gasteiger partial charge in [0.15, 0.2) is 5.75 Å². The zero-order valence-electron chi connectivity index (χ0n) is 6.78. The zero-order valence-corrected chi connectivity index (χ0v) is 6.78. The van der Waals surface area contributed by atoms with Crippen molar-refractivity contribution in [2.24, 2.45) is 0 Å². The Kier molecular flexibility index (Phi) is 3.07. The summed E-state index contributed by atoms with van der Waals surface area (Å²) in [6.45, 7) is 2.38. The highest BCUT2D eigenvalue weighted by Crippen LogP contribution is 2.05. The van der Waals surface area contributed by atoms with Crippen molar-refractivity contribution < 1.29 is 9.53 Å². The summed E-state index contributed by atoms with van der Waals surface area (Å²) in [7, 11) is 0. The van der Waals surface area contributed by atoms with Gasteiger partial charge in [0.2, 0.25) is 0 Å². The van der Waals surface area contributed by atoms with Crippen LogP contribution in [0.5, 0.6) is 5.75 Å². The molecule has 0 aliphatic heterocycles. The number of pyridine rings is 1. The van der Waals surface area contributed by atoms with Gasteiger partial charge in [-0.15, -0.1) is 0 Å². The molecular formula is C8H10N2O2. The molecule has 1 amide bonds. The fourth-order valence-electron chi connectivity index (χ4n) is 0.695. The van der Waals surface area contributed by atoms with E-state index in [4.69, 9.17) is 4.74 Å². The third-order valence-corrected chi connectivity index (χ3v) is 1.17. The Balaban J connectivity index is 2.47. The van der Waals surface area contributed by atoms with Crippen molar-refractivity contribution in [2.45, 2.75) is 6.92 Å². The smallest absolute Gasteiger partial charge is 0.409 e. The summed E-state index contributed by atoms with van der Waals surface area (Å²) in [5, 5.41) is 2.51. The van der Waals surface area contributed by atoms with E-state index in [1.54, 1.807) is 18.3 Å². The van der Waals surface area contributed by atoms with Gasteiger partial charge < -0.3 is 10.1 Å². The Hall–Kier alpha value is -1.58. The topological polar surface area (TPSA) is 51.2 Å². The van der Waals surface area contributed by atoms with Crippen LogP contribution in [-0.4, -0.2) is 17.6 Å². The SMILES string of the molecule is CCNC(=O)Oc1cccnc1. The van der Waals surface area contributed by atoms with Crippen LogP contribution in [0.25, 0.3) is 0 Å². The largest absolute Gasteiger partial charge is 0.412 e. The molecule has 64 valence electrons. The summed E-state index contributed by atoms with van der Waals surface area (Å²) in [4.78, 5) is 14.6. The molecule has 0 atom stereocenters. The molecule has 0 aliphatic rings. The van der Waals surface area contributed by atoms with Gasteiger partial charge in [-0.05, 0) is 19.1 Å². The normalized spacial score (nSPS) is 9.08. The van der Waals surface area contributed by atoms with E-state index >= 15 is 0 Å². The molecule has 0 fully saturated rings. The maximum atomic E-state index is 10.9. The van der Waals surface area contributed by atoms with E-state index in [0.717, 1.165) is 0 Å². The average Bonchev–Trinajstić information content (AvgIpc) is 2.06. The van der Waals surface area contributed by atoms with Crippen molar-refractivity contribution in [3.05, 3.63) is 24.5 Å². The van der Waals surface area contributed by atoms with Gasteiger partial charge in [-0.2, -0.15) is 0 Å². The fourth-order valence-corrected chi connectivity index (χ4v) is 0.695. The molecule has 0 saturated carbocycles. The predicted molar refractivity (Wildman–Crippen MR) is 43.9 cm³/mol. The van der Waals surface area contributed by atoms with Crippen LogP contribution < -0.4 is 10.1 Å². The Bertz CT molecular complexity index is 248. The first-order valence-corrected chi connectivity index (χ1v) is 3.68. The fraction of sp³-hybridized carbons (Fsp3) is 0.250. The molecular weight excluding hydrogens is 156 g/mol. The van der Waals surface area contributed by atoms with Crippen molar-refractivity contribution in [2.75, 3.05) is 6.54 Å². The lowest BCUT2D eigenvalue weighted by atomic mass is 10.5. The molecule has 4 heteroatoms. The van der Waals surface area contributed by atoms with Gasteiger partial charge in [0, 0.05) is 12.7 Å². The molecule has 0 radical (unpaired) electrons. The van der Waals surface area contributed by atoms with E-state index in [9.17, 15) is 4.79 Å². The van der Waals surface area contributed by atoms with Gasteiger partial charge in [0.25, 0.3) is 0 Å². The number of hydrogen-bond acceptors (Lipinski definition) is 3. The van der Waals surface area contributed by atoms with Gasteiger partial charge in [-0.25, -0.2) is 4.79 Å². The van der Waals surface area contributed by atoms with Crippen LogP contribution in [0.3, 0.4) is 0 Å². The summed E-state index contributed by atoms with van der Waals surface area (Å²) < 4.78 is 4.84. The van der Waals surface area contributed by atoms with E-state index in [1.165, 1.54) is 6.20 Å². The van der Waals surface area contributed by atoms with Gasteiger partial charge in [0.1, 0.15) is 0 Å². The minimum absolute atomic E-state index is 0.448. The minimum Gasteiger partial charge on any atom is -0.409 e. The third kappa shape index (κ3) is 2.57. The molecule has 4 nitrogen and oxygen atoms in total. The quantitative estimate of drug-likeness (QED) is 0.718. The lowest BCUT2D eigenvalue weighted by Crippen LogP contribution is -2.26. The highest BCUT2D eigenvalue weighted by molar-refractivity contribution is 5.69. The molecule has 1 N–H and O–H groups in total. The molecule has 0 aliphatic carbocycles. The number of hydrogen-bond donors (Lipinski definition) is 1. The number of carbonyl (C=O) groups excluding carboxylic acids is 1. The maximum absolute atomic E-state index is 10.9. The van der Waals surface area contributed by atoms with Gasteiger partial charge in [0.05, 0.1) is 6.20 Å². The molecule has 0 aromatic carbocycles. The molecule has 0 bridgehead atoms. The number of ether oxygens (including phenoxy) is 1. The van der Waals surface area contributed by atoms with Crippen molar-refractivity contribution >= 4 is 6.09 Å². The zero-order chi connectivity index (χ0) is 8.81. The first-order valence-electron chi connectivity index (χ1n) is 3.68. The Morgan fingerprint density at radius 2 is 2.58 bits per heavy atom. The van der Waals surface area contributed by atoms with E-state index in [0.29, 0.717) is 12.3 Å². The lowest BCUT2D eigenvalue weighted by Gasteiger charge is -2.02. The van der Waals surface area contributed by atoms with Crippen molar-refractivity contribution in [1.29, 1.82) is 0 Å². The molecule has 1 aromatic heterocycles. The Morgan fingerprint density at radius 3 is 3.17 bits per heavy atom. The maximum Gasteiger partial charge on any atom is 0.412 e. The van der Waals surface area contributed by atoms with E-state index in [2.05, 4.69) is 10.3 Å². The van der Waals surface area contributed by atoms with Crippen LogP contribution >= 0.6 is 0 Å². The number of carbonyl (C=O) groups is 1. The van der Waals surface area contributed by atoms with Crippen LogP contribution in [0.2, 0.25) is 0 Å². The van der Waals surface area contributed by atoms with Crippen molar-refractivity contribution in [3.63, 3.8) is 0 Å². The summed E-state index contributed by atoms with van der Waals surface area (Å²) >= 11 is 0. The second-order valence-electron chi connectivity index (χ2n) is 2.11. The summed E-state index contributed by atoms with van der Waals surface area (Å²) in [5.41, 5.74) is 0. The highest BCUT2D eigenvalue weighted by Gasteiger charge is 2.00. The van der Waals surface area contributed by atoms with Crippen LogP contribution in [0.15, 0.2) is 24.5 Å². The first-order chi connectivity index (χ1) is 5.83. The molecule has 12 heavy (non-hydrogen) atoms. The Labute approximate surface area is 70.6 Å². The average molecular weight is 166 g/mol. The highest BCUT2D eigenvalue weighted by atomic mass is 16.6. The lowest BCUT2D eigenvalue weighted by molar-refractivity contribution is 0.201. The minimum atomic E-state index is -0.453. The van der Waals surface area contributed by atoms with Crippen LogP contribution in [0, 0.1) is 0 Å². The first kappa shape index (κ1) is 8.52. The second kappa shape index (κ2) is 4.33.